The smallest absolute Gasteiger partial charge is 0.133 e. The molecule has 0 radical (unpaired) electrons. The van der Waals surface area contributed by atoms with Crippen LogP contribution in [0, 0.1) is 13.8 Å². The lowest BCUT2D eigenvalue weighted by molar-refractivity contribution is 0.185. The van der Waals surface area contributed by atoms with Crippen molar-refractivity contribution < 1.29 is 4.74 Å². The quantitative estimate of drug-likeness (QED) is 0.910. The number of fused-ring (bicyclic) bond motifs is 1. The maximum atomic E-state index is 6.43. The van der Waals surface area contributed by atoms with Crippen LogP contribution in [0.5, 0.6) is 5.75 Å². The van der Waals surface area contributed by atoms with Gasteiger partial charge in [0.1, 0.15) is 11.9 Å². The number of hydrogen-bond donors (Lipinski definition) is 1. The molecule has 0 saturated carbocycles. The van der Waals surface area contributed by atoms with E-state index >= 15 is 0 Å². The molecule has 0 amide bonds. The molecule has 2 N–H and O–H groups in total. The topological polar surface area (TPSA) is 35.2 Å². The molecule has 3 heteroatoms. The molecule has 2 atom stereocenters. The lowest BCUT2D eigenvalue weighted by Gasteiger charge is -2.30. The van der Waals surface area contributed by atoms with E-state index in [-0.39, 0.29) is 12.1 Å². The first-order valence-corrected chi connectivity index (χ1v) is 7.84. The molecule has 0 aliphatic carbocycles. The van der Waals surface area contributed by atoms with Gasteiger partial charge in [-0.2, -0.15) is 0 Å². The lowest BCUT2D eigenvalue weighted by atomic mass is 9.98. The second kappa shape index (κ2) is 5.51. The Morgan fingerprint density at radius 3 is 2.60 bits per heavy atom. The van der Waals surface area contributed by atoms with Crippen LogP contribution in [0.3, 0.4) is 0 Å². The van der Waals surface area contributed by atoms with Crippen LogP contribution < -0.4 is 10.5 Å². The third-order valence-electron chi connectivity index (χ3n) is 3.56. The molecule has 0 bridgehead atoms. The highest BCUT2D eigenvalue weighted by molar-refractivity contribution is 7.99. The van der Waals surface area contributed by atoms with Crippen LogP contribution in [0.4, 0.5) is 0 Å². The standard InChI is InChI=1S/C17H19NOS/c1-11-7-12(2)9-13(8-11)17(18)15-10-20-16-6-4-3-5-14(16)19-15/h3-9,15,17H,10,18H2,1-2H3. The Balaban J connectivity index is 1.83. The zero-order valence-corrected chi connectivity index (χ0v) is 12.6. The normalized spacial score (nSPS) is 19.1. The molecule has 2 unspecified atom stereocenters. The first-order valence-electron chi connectivity index (χ1n) is 6.86. The molecule has 0 saturated heterocycles. The van der Waals surface area contributed by atoms with Crippen LogP contribution in [0.15, 0.2) is 47.4 Å². The average Bonchev–Trinajstić information content (AvgIpc) is 2.45. The highest BCUT2D eigenvalue weighted by Gasteiger charge is 2.26. The molecule has 0 spiro atoms. The van der Waals surface area contributed by atoms with E-state index in [9.17, 15) is 0 Å². The molecule has 3 rings (SSSR count). The fourth-order valence-electron chi connectivity index (χ4n) is 2.63. The van der Waals surface area contributed by atoms with E-state index in [1.54, 1.807) is 0 Å². The Bertz CT molecular complexity index is 606. The molecule has 20 heavy (non-hydrogen) atoms. The largest absolute Gasteiger partial charge is 0.486 e. The molecule has 0 aromatic heterocycles. The summed E-state index contributed by atoms with van der Waals surface area (Å²) in [6, 6.07) is 14.6. The van der Waals surface area contributed by atoms with Gasteiger partial charge in [-0.25, -0.2) is 0 Å². The highest BCUT2D eigenvalue weighted by Crippen LogP contribution is 2.37. The number of para-hydroxylation sites is 1. The number of benzene rings is 2. The fourth-order valence-corrected chi connectivity index (χ4v) is 3.68. The maximum absolute atomic E-state index is 6.43. The van der Waals surface area contributed by atoms with Crippen LogP contribution in [-0.2, 0) is 0 Å². The summed E-state index contributed by atoms with van der Waals surface area (Å²) in [5.41, 5.74) is 10.1. The van der Waals surface area contributed by atoms with E-state index in [4.69, 9.17) is 10.5 Å². The Labute approximate surface area is 124 Å². The molecule has 0 fully saturated rings. The molecule has 1 aliphatic rings. The first kappa shape index (κ1) is 13.5. The minimum absolute atomic E-state index is 0.0242. The van der Waals surface area contributed by atoms with E-state index in [2.05, 4.69) is 38.1 Å². The average molecular weight is 285 g/mol. The van der Waals surface area contributed by atoms with Gasteiger partial charge in [0.15, 0.2) is 0 Å². The van der Waals surface area contributed by atoms with Crippen LogP contribution in [0.1, 0.15) is 22.7 Å². The van der Waals surface area contributed by atoms with Crippen molar-refractivity contribution in [3.63, 3.8) is 0 Å². The molecule has 1 heterocycles. The molecule has 1 aliphatic heterocycles. The zero-order valence-electron chi connectivity index (χ0n) is 11.8. The van der Waals surface area contributed by atoms with Crippen molar-refractivity contribution in [3.8, 4) is 5.75 Å². The van der Waals surface area contributed by atoms with Crippen LogP contribution in [0.25, 0.3) is 0 Å². The third kappa shape index (κ3) is 2.69. The molecular formula is C17H19NOS. The van der Waals surface area contributed by atoms with Crippen molar-refractivity contribution in [1.82, 2.24) is 0 Å². The number of ether oxygens (including phenoxy) is 1. The van der Waals surface area contributed by atoms with Gasteiger partial charge in [0.2, 0.25) is 0 Å². The molecule has 2 aromatic rings. The predicted molar refractivity (Wildman–Crippen MR) is 84.4 cm³/mol. The molecule has 104 valence electrons. The first-order chi connectivity index (χ1) is 9.63. The van der Waals surface area contributed by atoms with E-state index in [1.165, 1.54) is 16.0 Å². The monoisotopic (exact) mass is 285 g/mol. The van der Waals surface area contributed by atoms with Gasteiger partial charge < -0.3 is 10.5 Å². The SMILES string of the molecule is Cc1cc(C)cc(C(N)C2CSc3ccccc3O2)c1. The Morgan fingerprint density at radius 2 is 1.85 bits per heavy atom. The number of thioether (sulfide) groups is 1. The summed E-state index contributed by atoms with van der Waals surface area (Å²) in [4.78, 5) is 1.20. The van der Waals surface area contributed by atoms with E-state index in [1.807, 2.05) is 30.0 Å². The van der Waals surface area contributed by atoms with Crippen LogP contribution in [-0.4, -0.2) is 11.9 Å². The Hall–Kier alpha value is -1.45. The van der Waals surface area contributed by atoms with Gasteiger partial charge in [-0.3, -0.25) is 0 Å². The van der Waals surface area contributed by atoms with Crippen LogP contribution in [0.2, 0.25) is 0 Å². The predicted octanol–water partition coefficient (Wildman–Crippen LogP) is 3.86. The number of hydrogen-bond acceptors (Lipinski definition) is 3. The fraction of sp³-hybridized carbons (Fsp3) is 0.294. The number of nitrogens with two attached hydrogens (primary N) is 1. The maximum Gasteiger partial charge on any atom is 0.133 e. The summed E-state index contributed by atoms with van der Waals surface area (Å²) in [5, 5.41) is 0. The summed E-state index contributed by atoms with van der Waals surface area (Å²) in [7, 11) is 0. The van der Waals surface area contributed by atoms with Gasteiger partial charge >= 0.3 is 0 Å². The van der Waals surface area contributed by atoms with Crippen molar-refractivity contribution >= 4 is 11.8 Å². The highest BCUT2D eigenvalue weighted by atomic mass is 32.2. The van der Waals surface area contributed by atoms with Crippen LogP contribution >= 0.6 is 11.8 Å². The molecular weight excluding hydrogens is 266 g/mol. The van der Waals surface area contributed by atoms with Gasteiger partial charge in [0, 0.05) is 10.6 Å². The molecule has 2 nitrogen and oxygen atoms in total. The van der Waals surface area contributed by atoms with Crippen molar-refractivity contribution in [2.24, 2.45) is 5.73 Å². The second-order valence-corrected chi connectivity index (χ2v) is 6.42. The van der Waals surface area contributed by atoms with Gasteiger partial charge in [0.25, 0.3) is 0 Å². The van der Waals surface area contributed by atoms with Crippen molar-refractivity contribution in [1.29, 1.82) is 0 Å². The van der Waals surface area contributed by atoms with Crippen molar-refractivity contribution in [2.45, 2.75) is 30.9 Å². The van der Waals surface area contributed by atoms with E-state index in [0.29, 0.717) is 0 Å². The van der Waals surface area contributed by atoms with Crippen molar-refractivity contribution in [2.75, 3.05) is 5.75 Å². The van der Waals surface area contributed by atoms with Gasteiger partial charge in [0.05, 0.1) is 6.04 Å². The van der Waals surface area contributed by atoms with E-state index in [0.717, 1.165) is 17.1 Å². The van der Waals surface area contributed by atoms with Gasteiger partial charge in [-0.1, -0.05) is 41.5 Å². The summed E-state index contributed by atoms with van der Waals surface area (Å²) in [6.45, 7) is 4.21. The number of aryl methyl sites for hydroxylation is 2. The summed E-state index contributed by atoms with van der Waals surface area (Å²) in [6.07, 6.45) is 0.0242. The molecule has 2 aromatic carbocycles. The number of rotatable bonds is 2. The zero-order chi connectivity index (χ0) is 14.1. The second-order valence-electron chi connectivity index (χ2n) is 5.36. The summed E-state index contributed by atoms with van der Waals surface area (Å²) < 4.78 is 6.08. The van der Waals surface area contributed by atoms with Gasteiger partial charge in [-0.15, -0.1) is 11.8 Å². The van der Waals surface area contributed by atoms with Crippen molar-refractivity contribution in [3.05, 3.63) is 59.2 Å². The minimum Gasteiger partial charge on any atom is -0.486 e. The summed E-state index contributed by atoms with van der Waals surface area (Å²) in [5.74, 6) is 1.85. The Kier molecular flexibility index (Phi) is 3.72. The Morgan fingerprint density at radius 1 is 1.15 bits per heavy atom. The third-order valence-corrected chi connectivity index (χ3v) is 4.70. The minimum atomic E-state index is -0.0885. The van der Waals surface area contributed by atoms with Gasteiger partial charge in [-0.05, 0) is 31.5 Å². The van der Waals surface area contributed by atoms with E-state index < -0.39 is 0 Å². The lowest BCUT2D eigenvalue weighted by Crippen LogP contribution is -2.35. The summed E-state index contributed by atoms with van der Waals surface area (Å²) >= 11 is 1.82.